The number of rotatable bonds is 8. The molecule has 0 aliphatic rings. The van der Waals surface area contributed by atoms with E-state index >= 15 is 0 Å². The van der Waals surface area contributed by atoms with Crippen molar-refractivity contribution in [3.8, 4) is 0 Å². The second-order valence-corrected chi connectivity index (χ2v) is 6.91. The van der Waals surface area contributed by atoms with Gasteiger partial charge in [-0.05, 0) is 26.7 Å². The van der Waals surface area contributed by atoms with Gasteiger partial charge in [0.1, 0.15) is 4.32 Å². The molecule has 0 aromatic heterocycles. The third kappa shape index (κ3) is 10.8. The molecular formula is C15H26BrN3O7. The number of nitrogens with two attached hydrogens (primary N) is 1. The van der Waals surface area contributed by atoms with Crippen LogP contribution in [0.25, 0.3) is 0 Å². The molecule has 26 heavy (non-hydrogen) atoms. The van der Waals surface area contributed by atoms with Crippen LogP contribution in [0.1, 0.15) is 47.0 Å². The summed E-state index contributed by atoms with van der Waals surface area (Å²) in [4.78, 5) is 46.0. The Balaban J connectivity index is 0. The van der Waals surface area contributed by atoms with Gasteiger partial charge in [-0.25, -0.2) is 9.59 Å². The quantitative estimate of drug-likeness (QED) is 0.275. The first kappa shape index (κ1) is 26.2. The van der Waals surface area contributed by atoms with Gasteiger partial charge in [-0.2, -0.15) is 0 Å². The number of carboxylic acids is 2. The molecule has 10 nitrogen and oxygen atoms in total. The van der Waals surface area contributed by atoms with E-state index in [1.54, 1.807) is 0 Å². The Kier molecular flexibility index (Phi) is 12.5. The summed E-state index contributed by atoms with van der Waals surface area (Å²) < 4.78 is -0.665. The van der Waals surface area contributed by atoms with Crippen LogP contribution in [0.3, 0.4) is 0 Å². The van der Waals surface area contributed by atoms with Gasteiger partial charge in [-0.1, -0.05) is 29.8 Å². The lowest BCUT2D eigenvalue weighted by atomic mass is 10.0. The highest BCUT2D eigenvalue weighted by Gasteiger charge is 2.32. The smallest absolute Gasteiger partial charge is 0.329 e. The molecule has 3 amide bonds. The summed E-state index contributed by atoms with van der Waals surface area (Å²) in [6.45, 7) is 6.60. The van der Waals surface area contributed by atoms with E-state index in [4.69, 9.17) is 21.1 Å². The van der Waals surface area contributed by atoms with Gasteiger partial charge in [0.15, 0.2) is 6.04 Å². The maximum absolute atomic E-state index is 11.3. The number of halogens is 1. The standard InChI is InChI=1S/C8H13NO5.C7H13BrN2O2/c1-4(5(2)10)9-6(8(13)14)3-7(11)12;1-3-7(8,4-2)5(11)10-6(9)12/h5-6,10H,3H2,1-2H3,(H,11,12)(H,13,14);3-4H2,1-2H3,(H3,9,10,11,12)/b9-4-;. The Morgan fingerprint density at radius 3 is 1.92 bits per heavy atom. The molecule has 0 saturated heterocycles. The van der Waals surface area contributed by atoms with Crippen molar-refractivity contribution in [2.24, 2.45) is 10.7 Å². The van der Waals surface area contributed by atoms with Crippen molar-refractivity contribution in [1.29, 1.82) is 0 Å². The normalized spacial score (nSPS) is 13.7. The number of aliphatic carboxylic acids is 2. The number of carbonyl (C=O) groups excluding carboxylic acids is 2. The van der Waals surface area contributed by atoms with Crippen LogP contribution in [0.5, 0.6) is 0 Å². The van der Waals surface area contributed by atoms with Gasteiger partial charge in [0, 0.05) is 5.71 Å². The molecule has 0 aliphatic carbocycles. The van der Waals surface area contributed by atoms with Crippen molar-refractivity contribution in [2.75, 3.05) is 0 Å². The number of alkyl halides is 1. The lowest BCUT2D eigenvalue weighted by Gasteiger charge is -2.21. The fourth-order valence-electron chi connectivity index (χ4n) is 1.50. The van der Waals surface area contributed by atoms with E-state index in [-0.39, 0.29) is 11.6 Å². The second kappa shape index (κ2) is 12.4. The zero-order valence-electron chi connectivity index (χ0n) is 15.2. The maximum Gasteiger partial charge on any atom is 0.329 e. The average Bonchev–Trinajstić information content (AvgIpc) is 2.52. The summed E-state index contributed by atoms with van der Waals surface area (Å²) in [5.41, 5.74) is 5.01. The van der Waals surface area contributed by atoms with Gasteiger partial charge in [-0.3, -0.25) is 19.9 Å². The number of aliphatic hydroxyl groups is 1. The number of hydrogen-bond acceptors (Lipinski definition) is 6. The van der Waals surface area contributed by atoms with Crippen LogP contribution in [0.15, 0.2) is 4.99 Å². The third-order valence-corrected chi connectivity index (χ3v) is 4.86. The van der Waals surface area contributed by atoms with Crippen molar-refractivity contribution in [3.63, 3.8) is 0 Å². The van der Waals surface area contributed by atoms with E-state index in [1.807, 2.05) is 19.2 Å². The highest BCUT2D eigenvalue weighted by Crippen LogP contribution is 2.26. The molecule has 0 spiro atoms. The molecule has 0 rings (SSSR count). The lowest BCUT2D eigenvalue weighted by Crippen LogP contribution is -2.46. The maximum atomic E-state index is 11.3. The molecule has 0 aromatic rings. The molecule has 0 radical (unpaired) electrons. The molecule has 0 aromatic carbocycles. The van der Waals surface area contributed by atoms with Crippen LogP contribution in [0, 0.1) is 0 Å². The van der Waals surface area contributed by atoms with Crippen molar-refractivity contribution in [2.45, 2.75) is 63.4 Å². The van der Waals surface area contributed by atoms with Gasteiger partial charge < -0.3 is 21.1 Å². The summed E-state index contributed by atoms with van der Waals surface area (Å²) in [5.74, 6) is -2.92. The van der Waals surface area contributed by atoms with E-state index < -0.39 is 40.9 Å². The zero-order chi connectivity index (χ0) is 21.1. The molecule has 0 aliphatic heterocycles. The predicted molar refractivity (Wildman–Crippen MR) is 98.4 cm³/mol. The first-order valence-electron chi connectivity index (χ1n) is 7.77. The van der Waals surface area contributed by atoms with Crippen LogP contribution in [0.2, 0.25) is 0 Å². The van der Waals surface area contributed by atoms with E-state index in [1.165, 1.54) is 13.8 Å². The minimum Gasteiger partial charge on any atom is -0.481 e. The van der Waals surface area contributed by atoms with Gasteiger partial charge in [0.2, 0.25) is 5.91 Å². The molecule has 0 saturated carbocycles. The summed E-state index contributed by atoms with van der Waals surface area (Å²) in [5, 5.41) is 28.0. The predicted octanol–water partition coefficient (Wildman–Crippen LogP) is 0.891. The Hall–Kier alpha value is -2.01. The van der Waals surface area contributed by atoms with Gasteiger partial charge in [0.05, 0.1) is 12.5 Å². The van der Waals surface area contributed by atoms with Crippen LogP contribution in [0.4, 0.5) is 4.79 Å². The Labute approximate surface area is 160 Å². The molecule has 2 atom stereocenters. The Bertz CT molecular complexity index is 545. The Morgan fingerprint density at radius 2 is 1.65 bits per heavy atom. The van der Waals surface area contributed by atoms with Crippen molar-refractivity contribution < 1.29 is 34.5 Å². The minimum absolute atomic E-state index is 0.207. The lowest BCUT2D eigenvalue weighted by molar-refractivity contribution is -0.144. The fourth-order valence-corrected chi connectivity index (χ4v) is 1.60. The summed E-state index contributed by atoms with van der Waals surface area (Å²) in [6, 6.07) is -2.15. The summed E-state index contributed by atoms with van der Waals surface area (Å²) in [7, 11) is 0. The third-order valence-electron chi connectivity index (χ3n) is 3.38. The van der Waals surface area contributed by atoms with E-state index in [0.29, 0.717) is 12.8 Å². The molecular weight excluding hydrogens is 414 g/mol. The molecule has 11 heteroatoms. The Morgan fingerprint density at radius 1 is 1.19 bits per heavy atom. The number of hydrogen-bond donors (Lipinski definition) is 5. The highest BCUT2D eigenvalue weighted by atomic mass is 79.9. The molecule has 150 valence electrons. The monoisotopic (exact) mass is 439 g/mol. The van der Waals surface area contributed by atoms with Crippen molar-refractivity contribution in [1.82, 2.24) is 5.32 Å². The van der Waals surface area contributed by atoms with E-state index in [0.717, 1.165) is 0 Å². The van der Waals surface area contributed by atoms with E-state index in [2.05, 4.69) is 20.9 Å². The topological polar surface area (TPSA) is 179 Å². The largest absolute Gasteiger partial charge is 0.481 e. The number of nitrogens with one attached hydrogen (secondary N) is 1. The molecule has 0 heterocycles. The number of carboxylic acid groups (broad SMARTS) is 2. The molecule has 2 unspecified atom stereocenters. The minimum atomic E-state index is -1.33. The number of aliphatic hydroxyl groups excluding tert-OH is 1. The van der Waals surface area contributed by atoms with Crippen LogP contribution >= 0.6 is 15.9 Å². The molecule has 0 bridgehead atoms. The van der Waals surface area contributed by atoms with Crippen molar-refractivity contribution in [3.05, 3.63) is 0 Å². The number of nitrogens with zero attached hydrogens (tertiary/aromatic N) is 1. The fraction of sp³-hybridized carbons (Fsp3) is 0.667. The van der Waals surface area contributed by atoms with Crippen molar-refractivity contribution >= 4 is 45.5 Å². The number of carbonyl (C=O) groups is 4. The van der Waals surface area contributed by atoms with Crippen LogP contribution in [-0.2, 0) is 14.4 Å². The number of imide groups is 1. The van der Waals surface area contributed by atoms with Gasteiger partial charge in [0.25, 0.3) is 0 Å². The summed E-state index contributed by atoms with van der Waals surface area (Å²) in [6.07, 6.45) is -0.226. The number of aliphatic imine (C=N–C) groups is 1. The number of primary amides is 1. The number of amides is 3. The van der Waals surface area contributed by atoms with Crippen LogP contribution < -0.4 is 11.1 Å². The average molecular weight is 440 g/mol. The second-order valence-electron chi connectivity index (χ2n) is 5.39. The van der Waals surface area contributed by atoms with E-state index in [9.17, 15) is 19.2 Å². The number of urea groups is 1. The molecule has 6 N–H and O–H groups in total. The first-order valence-corrected chi connectivity index (χ1v) is 8.56. The van der Waals surface area contributed by atoms with Gasteiger partial charge in [-0.15, -0.1) is 0 Å². The molecule has 0 fully saturated rings. The summed E-state index contributed by atoms with van der Waals surface area (Å²) >= 11 is 3.26. The first-order chi connectivity index (χ1) is 11.8. The zero-order valence-corrected chi connectivity index (χ0v) is 16.7. The van der Waals surface area contributed by atoms with Crippen LogP contribution in [-0.4, -0.2) is 61.4 Å². The van der Waals surface area contributed by atoms with Gasteiger partial charge >= 0.3 is 18.0 Å². The SMILES string of the molecule is C/C(=N/C(CC(=O)O)C(=O)O)C(C)O.CCC(Br)(CC)C(=O)NC(N)=O. The highest BCUT2D eigenvalue weighted by molar-refractivity contribution is 9.10.